The van der Waals surface area contributed by atoms with E-state index < -0.39 is 24.5 Å². The standard InChI is InChI=1S/C31H36N10O3.CH2O2/c32-20-11-13-21(14-12-20)37-31-38-27(33-15-22(18-7-3-1-4-8-18)19-9-5-2-6-10-19)23-29(39-31)41(17-35-23)30-25(43)24(42)26(44-30)28-34-16-36-40-28;2-1-3/h1-10,16-17,20-22,24-26,30,42-43H,11-15,32H2,(H,34,36,40)(H2,33,37,38,39);1H,(H,2,3)/t20?,21?,24-,25+,26-,30+;/m0./s1. The van der Waals surface area contributed by atoms with Gasteiger partial charge in [0.1, 0.15) is 24.6 Å². The summed E-state index contributed by atoms with van der Waals surface area (Å²) >= 11 is 0. The molecule has 1 aliphatic carbocycles. The van der Waals surface area contributed by atoms with E-state index in [-0.39, 0.29) is 24.5 Å². The smallest absolute Gasteiger partial charge is 0.290 e. The number of aromatic nitrogens is 7. The summed E-state index contributed by atoms with van der Waals surface area (Å²) in [6, 6.07) is 21.1. The number of imidazole rings is 1. The van der Waals surface area contributed by atoms with E-state index in [9.17, 15) is 10.2 Å². The molecule has 0 spiro atoms. The highest BCUT2D eigenvalue weighted by Crippen LogP contribution is 2.39. The Labute approximate surface area is 270 Å². The molecular formula is C32H38N10O5. The van der Waals surface area contributed by atoms with E-state index in [1.54, 1.807) is 10.9 Å². The minimum atomic E-state index is -1.26. The average Bonchev–Trinajstić information content (AvgIpc) is 3.84. The molecule has 2 aliphatic rings. The van der Waals surface area contributed by atoms with Crippen molar-refractivity contribution in [3.63, 3.8) is 0 Å². The Morgan fingerprint density at radius 2 is 1.64 bits per heavy atom. The van der Waals surface area contributed by atoms with Crippen LogP contribution in [-0.4, -0.2) is 87.3 Å². The predicted molar refractivity (Wildman–Crippen MR) is 172 cm³/mol. The molecule has 3 aromatic heterocycles. The number of aromatic amines is 1. The molecule has 15 nitrogen and oxygen atoms in total. The second-order valence-electron chi connectivity index (χ2n) is 11.6. The quantitative estimate of drug-likeness (QED) is 0.115. The molecule has 1 saturated heterocycles. The maximum atomic E-state index is 11.0. The van der Waals surface area contributed by atoms with Gasteiger partial charge in [0, 0.05) is 24.5 Å². The van der Waals surface area contributed by atoms with Crippen molar-refractivity contribution in [3.05, 3.63) is 90.3 Å². The number of carbonyl (C=O) groups is 1. The van der Waals surface area contributed by atoms with Crippen molar-refractivity contribution in [3.8, 4) is 0 Å². The Hall–Kier alpha value is -4.96. The first kappa shape index (κ1) is 32.0. The number of hydrogen-bond donors (Lipinski definition) is 7. The lowest BCUT2D eigenvalue weighted by atomic mass is 9.91. The van der Waals surface area contributed by atoms with Gasteiger partial charge in [-0.15, -0.1) is 0 Å². The Bertz CT molecular complexity index is 1680. The van der Waals surface area contributed by atoms with Crippen molar-refractivity contribution in [2.24, 2.45) is 5.73 Å². The molecule has 2 fully saturated rings. The summed E-state index contributed by atoms with van der Waals surface area (Å²) in [7, 11) is 0. The maximum absolute atomic E-state index is 11.0. The van der Waals surface area contributed by atoms with E-state index in [4.69, 9.17) is 30.3 Å². The highest BCUT2D eigenvalue weighted by atomic mass is 16.6. The van der Waals surface area contributed by atoms with E-state index in [1.165, 1.54) is 17.5 Å². The van der Waals surface area contributed by atoms with Crippen LogP contribution in [0.15, 0.2) is 73.3 Å². The SMILES string of the molecule is NC1CCC(Nc2nc(NCC(c3ccccc3)c3ccccc3)c3ncn([C@@H]4O[C@H](c5ncn[nH]5)[C@@H](O)[C@H]4O)c3n2)CC1.O=CO. The third-order valence-corrected chi connectivity index (χ3v) is 8.62. The monoisotopic (exact) mass is 642 g/mol. The van der Waals surface area contributed by atoms with Gasteiger partial charge in [0.2, 0.25) is 5.95 Å². The van der Waals surface area contributed by atoms with Crippen molar-refractivity contribution in [1.82, 2.24) is 34.7 Å². The lowest BCUT2D eigenvalue weighted by Crippen LogP contribution is -2.33. The first-order valence-corrected chi connectivity index (χ1v) is 15.5. The molecule has 2 aromatic carbocycles. The zero-order chi connectivity index (χ0) is 32.8. The van der Waals surface area contributed by atoms with Gasteiger partial charge in [0.15, 0.2) is 29.0 Å². The highest BCUT2D eigenvalue weighted by molar-refractivity contribution is 5.84. The van der Waals surface area contributed by atoms with Crippen molar-refractivity contribution in [2.45, 2.75) is 68.2 Å². The zero-order valence-electron chi connectivity index (χ0n) is 25.5. The van der Waals surface area contributed by atoms with Crippen molar-refractivity contribution in [2.75, 3.05) is 17.2 Å². The number of benzene rings is 2. The number of aliphatic hydroxyl groups is 2. The van der Waals surface area contributed by atoms with Gasteiger partial charge in [-0.2, -0.15) is 15.1 Å². The van der Waals surface area contributed by atoms with Gasteiger partial charge >= 0.3 is 0 Å². The Morgan fingerprint density at radius 3 is 2.26 bits per heavy atom. The molecule has 0 unspecified atom stereocenters. The van der Waals surface area contributed by atoms with Crippen LogP contribution < -0.4 is 16.4 Å². The van der Waals surface area contributed by atoms with Crippen LogP contribution in [0.4, 0.5) is 11.8 Å². The van der Waals surface area contributed by atoms with E-state index in [2.05, 4.69) is 55.1 Å². The zero-order valence-corrected chi connectivity index (χ0v) is 25.5. The number of anilines is 2. The first-order valence-electron chi connectivity index (χ1n) is 15.5. The van der Waals surface area contributed by atoms with Gasteiger partial charge in [0.05, 0.1) is 6.33 Å². The van der Waals surface area contributed by atoms with Crippen LogP contribution >= 0.6 is 0 Å². The lowest BCUT2D eigenvalue weighted by molar-refractivity contribution is -0.122. The molecule has 1 aliphatic heterocycles. The van der Waals surface area contributed by atoms with Crippen molar-refractivity contribution >= 4 is 29.4 Å². The molecular weight excluding hydrogens is 604 g/mol. The summed E-state index contributed by atoms with van der Waals surface area (Å²) in [5.74, 6) is 1.38. The minimum Gasteiger partial charge on any atom is -0.483 e. The molecule has 4 atom stereocenters. The molecule has 246 valence electrons. The highest BCUT2D eigenvalue weighted by Gasteiger charge is 2.46. The van der Waals surface area contributed by atoms with Crippen LogP contribution in [0.3, 0.4) is 0 Å². The maximum Gasteiger partial charge on any atom is 0.290 e. The molecule has 5 aromatic rings. The number of nitrogens with zero attached hydrogens (tertiary/aromatic N) is 6. The predicted octanol–water partition coefficient (Wildman–Crippen LogP) is 2.56. The Balaban J connectivity index is 0.00000124. The summed E-state index contributed by atoms with van der Waals surface area (Å²) in [6.07, 6.45) is 2.25. The number of aliphatic hydroxyl groups excluding tert-OH is 2. The fourth-order valence-electron chi connectivity index (χ4n) is 6.20. The summed E-state index contributed by atoms with van der Waals surface area (Å²) in [5.41, 5.74) is 9.48. The van der Waals surface area contributed by atoms with E-state index in [0.717, 1.165) is 25.7 Å². The van der Waals surface area contributed by atoms with Gasteiger partial charge in [-0.05, 0) is 36.8 Å². The van der Waals surface area contributed by atoms with Crippen LogP contribution in [-0.2, 0) is 9.53 Å². The van der Waals surface area contributed by atoms with Crippen molar-refractivity contribution < 1.29 is 24.9 Å². The number of carboxylic acid groups (broad SMARTS) is 1. The molecule has 7 rings (SSSR count). The molecule has 0 radical (unpaired) electrons. The normalized spacial score (nSPS) is 24.1. The summed E-state index contributed by atoms with van der Waals surface area (Å²) in [4.78, 5) is 26.9. The van der Waals surface area contributed by atoms with Crippen molar-refractivity contribution in [1.29, 1.82) is 0 Å². The fourth-order valence-corrected chi connectivity index (χ4v) is 6.20. The second kappa shape index (κ2) is 14.6. The second-order valence-corrected chi connectivity index (χ2v) is 11.6. The lowest BCUT2D eigenvalue weighted by Gasteiger charge is -2.27. The number of H-pyrrole nitrogens is 1. The van der Waals surface area contributed by atoms with E-state index in [0.29, 0.717) is 35.3 Å². The van der Waals surface area contributed by atoms with Crippen LogP contribution in [0.2, 0.25) is 0 Å². The minimum absolute atomic E-state index is 0.0542. The number of nitrogens with two attached hydrogens (primary N) is 1. The molecule has 0 bridgehead atoms. The Kier molecular flexibility index (Phi) is 9.97. The number of hydrogen-bond acceptors (Lipinski definition) is 12. The molecule has 4 heterocycles. The third-order valence-electron chi connectivity index (χ3n) is 8.62. The number of fused-ring (bicyclic) bond motifs is 1. The van der Waals surface area contributed by atoms with E-state index in [1.807, 2.05) is 36.4 Å². The van der Waals surface area contributed by atoms with Gasteiger partial charge in [-0.3, -0.25) is 14.5 Å². The van der Waals surface area contributed by atoms with Gasteiger partial charge < -0.3 is 36.4 Å². The van der Waals surface area contributed by atoms with Crippen LogP contribution in [0.1, 0.15) is 60.9 Å². The number of ether oxygens (including phenoxy) is 1. The van der Waals surface area contributed by atoms with Crippen LogP contribution in [0.5, 0.6) is 0 Å². The molecule has 8 N–H and O–H groups in total. The third kappa shape index (κ3) is 7.07. The van der Waals surface area contributed by atoms with E-state index >= 15 is 0 Å². The summed E-state index contributed by atoms with van der Waals surface area (Å²) in [6.45, 7) is 0.305. The summed E-state index contributed by atoms with van der Waals surface area (Å²) in [5, 5.41) is 42.4. The molecule has 1 saturated carbocycles. The topological polar surface area (TPSA) is 222 Å². The first-order chi connectivity index (χ1) is 23.0. The fraction of sp³-hybridized carbons (Fsp3) is 0.375. The Morgan fingerprint density at radius 1 is 0.979 bits per heavy atom. The number of rotatable bonds is 9. The molecule has 0 amide bonds. The average molecular weight is 643 g/mol. The largest absolute Gasteiger partial charge is 0.483 e. The molecule has 47 heavy (non-hydrogen) atoms. The van der Waals surface area contributed by atoms with Gasteiger partial charge in [-0.25, -0.2) is 9.97 Å². The number of nitrogens with one attached hydrogen (secondary N) is 3. The van der Waals surface area contributed by atoms with Gasteiger partial charge in [-0.1, -0.05) is 60.7 Å². The van der Waals surface area contributed by atoms with Crippen LogP contribution in [0, 0.1) is 0 Å². The molecule has 15 heteroatoms. The van der Waals surface area contributed by atoms with Crippen LogP contribution in [0.25, 0.3) is 11.2 Å². The van der Waals surface area contributed by atoms with Gasteiger partial charge in [0.25, 0.3) is 6.47 Å². The summed E-state index contributed by atoms with van der Waals surface area (Å²) < 4.78 is 7.75.